The zero-order valence-electron chi connectivity index (χ0n) is 16.0. The van der Waals surface area contributed by atoms with Gasteiger partial charge in [0.05, 0.1) is 0 Å². The number of aryl methyl sites for hydroxylation is 2. The number of aromatic nitrogens is 2. The quantitative estimate of drug-likeness (QED) is 0.238. The number of hydrogen-bond donors (Lipinski definition) is 0. The van der Waals surface area contributed by atoms with Gasteiger partial charge in [-0.1, -0.05) is 27.5 Å². The Morgan fingerprint density at radius 2 is 1.72 bits per heavy atom. The Morgan fingerprint density at radius 1 is 1.17 bits per heavy atom. The Bertz CT molecular complexity index is 974. The molecule has 0 amide bonds. The van der Waals surface area contributed by atoms with Crippen LogP contribution in [0.15, 0.2) is 12.1 Å². The van der Waals surface area contributed by atoms with Gasteiger partial charge in [-0.05, 0) is 49.9 Å². The third-order valence-corrected chi connectivity index (χ3v) is 10.1. The molecule has 0 spiro atoms. The van der Waals surface area contributed by atoms with Crippen molar-refractivity contribution < 1.29 is 26.3 Å². The molecular weight excluding hydrogens is 505 g/mol. The second-order valence-electron chi connectivity index (χ2n) is 7.37. The van der Waals surface area contributed by atoms with Crippen LogP contribution in [0.5, 0.6) is 0 Å². The number of nitrogens with zero attached hydrogens (tertiary/aromatic N) is 2. The third-order valence-electron chi connectivity index (χ3n) is 4.39. The zero-order valence-corrected chi connectivity index (χ0v) is 19.2. The molecule has 2 rings (SSSR count). The number of hydrogen-bond acceptors (Lipinski definition) is 1. The molecule has 1 aromatic heterocycles. The van der Waals surface area contributed by atoms with Gasteiger partial charge in [-0.3, -0.25) is 4.68 Å². The first kappa shape index (κ1) is 24.4. The van der Waals surface area contributed by atoms with Crippen molar-refractivity contribution in [3.05, 3.63) is 39.5 Å². The molecular formula is C18H19BrClF6N2P. The van der Waals surface area contributed by atoms with E-state index in [0.29, 0.717) is 22.6 Å². The van der Waals surface area contributed by atoms with Crippen molar-refractivity contribution in [1.82, 2.24) is 9.78 Å². The zero-order chi connectivity index (χ0) is 22.5. The lowest BCUT2D eigenvalue weighted by Crippen LogP contribution is -2.19. The van der Waals surface area contributed by atoms with Crippen molar-refractivity contribution in [2.24, 2.45) is 7.05 Å². The van der Waals surface area contributed by atoms with Gasteiger partial charge < -0.3 is 0 Å². The van der Waals surface area contributed by atoms with E-state index in [9.17, 15) is 26.3 Å². The minimum Gasteiger partial charge on any atom is -0.262 e. The predicted molar refractivity (Wildman–Crippen MR) is 111 cm³/mol. The molecule has 1 heterocycles. The minimum absolute atomic E-state index is 0.0391. The highest BCUT2D eigenvalue weighted by Crippen LogP contribution is 2.49. The number of benzene rings is 1. The van der Waals surface area contributed by atoms with Crippen LogP contribution in [-0.4, -0.2) is 34.0 Å². The first-order chi connectivity index (χ1) is 12.9. The Hall–Kier alpha value is -0.920. The van der Waals surface area contributed by atoms with Crippen LogP contribution < -0.4 is 0 Å². The lowest BCUT2D eigenvalue weighted by atomic mass is 9.97. The van der Waals surface area contributed by atoms with Crippen molar-refractivity contribution in [2.75, 3.05) is 13.3 Å². The Balaban J connectivity index is 2.76. The Labute approximate surface area is 178 Å². The first-order valence-electron chi connectivity index (χ1n) is 8.27. The second kappa shape index (κ2) is 7.97. The smallest absolute Gasteiger partial charge is 0.262 e. The molecule has 1 atom stereocenters. The van der Waals surface area contributed by atoms with Gasteiger partial charge in [0.15, 0.2) is 5.69 Å². The molecule has 1 aromatic carbocycles. The van der Waals surface area contributed by atoms with Crippen molar-refractivity contribution in [2.45, 2.75) is 30.3 Å². The van der Waals surface area contributed by atoms with E-state index in [1.807, 2.05) is 13.3 Å². The van der Waals surface area contributed by atoms with Crippen LogP contribution in [-0.2, 0) is 25.8 Å². The molecule has 1 unspecified atom stereocenters. The van der Waals surface area contributed by atoms with Crippen LogP contribution in [0, 0.1) is 6.92 Å². The van der Waals surface area contributed by atoms with Gasteiger partial charge in [0.2, 0.25) is 0 Å². The molecule has 0 N–H and O–H groups in total. The van der Waals surface area contributed by atoms with E-state index in [4.69, 9.17) is 11.6 Å². The molecule has 0 aliphatic heterocycles. The Morgan fingerprint density at radius 3 is 2.17 bits per heavy atom. The molecule has 29 heavy (non-hydrogen) atoms. The molecule has 0 radical (unpaired) electrons. The van der Waals surface area contributed by atoms with E-state index in [0.717, 1.165) is 7.05 Å². The topological polar surface area (TPSA) is 17.8 Å². The van der Waals surface area contributed by atoms with Gasteiger partial charge in [-0.2, -0.15) is 31.4 Å². The number of rotatable bonds is 4. The van der Waals surface area contributed by atoms with E-state index in [2.05, 4.69) is 27.3 Å². The van der Waals surface area contributed by atoms with Gasteiger partial charge in [-0.25, -0.2) is 0 Å². The number of halogens is 8. The van der Waals surface area contributed by atoms with E-state index in [1.165, 1.54) is 19.1 Å². The molecule has 0 fully saturated rings. The SMILES string of the molecule is C=P(C)(C)C(Br)Cc1cc(-c2nn(C)c(C(F)(F)F)c2C(F)(F)F)c(C)cc1Cl. The van der Waals surface area contributed by atoms with Gasteiger partial charge in [0.1, 0.15) is 11.3 Å². The molecule has 2 nitrogen and oxygen atoms in total. The van der Waals surface area contributed by atoms with Crippen LogP contribution in [0.1, 0.15) is 22.4 Å². The molecule has 0 saturated carbocycles. The van der Waals surface area contributed by atoms with Gasteiger partial charge in [0.25, 0.3) is 0 Å². The fourth-order valence-electron chi connectivity index (χ4n) is 2.86. The summed E-state index contributed by atoms with van der Waals surface area (Å²) in [6.45, 7) is 3.85. The first-order valence-corrected chi connectivity index (χ1v) is 12.5. The van der Waals surface area contributed by atoms with Crippen LogP contribution in [0.2, 0.25) is 5.02 Å². The van der Waals surface area contributed by atoms with Gasteiger partial charge in [-0.15, -0.1) is 13.2 Å². The summed E-state index contributed by atoms with van der Waals surface area (Å²) in [5.74, 6) is 0. The molecule has 162 valence electrons. The van der Waals surface area contributed by atoms with Crippen molar-refractivity contribution in [3.8, 4) is 11.3 Å². The maximum Gasteiger partial charge on any atom is 0.433 e. The van der Waals surface area contributed by atoms with Crippen LogP contribution >= 0.6 is 34.4 Å². The highest BCUT2D eigenvalue weighted by molar-refractivity contribution is 9.10. The van der Waals surface area contributed by atoms with Gasteiger partial charge >= 0.3 is 12.4 Å². The average Bonchev–Trinajstić information content (AvgIpc) is 2.86. The largest absolute Gasteiger partial charge is 0.433 e. The normalized spacial score (nSPS) is 14.3. The summed E-state index contributed by atoms with van der Waals surface area (Å²) < 4.78 is 81.0. The molecule has 2 aromatic rings. The second-order valence-corrected chi connectivity index (χ2v) is 13.8. The van der Waals surface area contributed by atoms with Crippen LogP contribution in [0.25, 0.3) is 11.3 Å². The summed E-state index contributed by atoms with van der Waals surface area (Å²) in [4.78, 5) is 0. The maximum absolute atomic E-state index is 13.6. The maximum atomic E-state index is 13.6. The summed E-state index contributed by atoms with van der Waals surface area (Å²) in [7, 11) is 0.845. The monoisotopic (exact) mass is 522 g/mol. The minimum atomic E-state index is -5.24. The molecule has 0 bridgehead atoms. The summed E-state index contributed by atoms with van der Waals surface area (Å²) in [5, 5.41) is 3.91. The standard InChI is InChI=1S/C18H19BrClF6N2P/c1-9-6-12(20)10(8-13(19)29(3,4)5)7-11(9)15-14(17(21,22)23)16(18(24,25)26)28(2)27-15/h6-7,13H,3,8H2,1-2,4-5H3. The third kappa shape index (κ3) is 5.23. The molecule has 0 aliphatic carbocycles. The van der Waals surface area contributed by atoms with Crippen LogP contribution in [0.3, 0.4) is 0 Å². The van der Waals surface area contributed by atoms with Gasteiger partial charge in [0, 0.05) is 22.2 Å². The average molecular weight is 524 g/mol. The summed E-state index contributed by atoms with van der Waals surface area (Å²) >= 11 is 9.80. The summed E-state index contributed by atoms with van der Waals surface area (Å²) in [6.07, 6.45) is -5.96. The number of alkyl halides is 7. The van der Waals surface area contributed by atoms with Crippen LogP contribution in [0.4, 0.5) is 26.3 Å². The van der Waals surface area contributed by atoms with E-state index in [-0.39, 0.29) is 14.8 Å². The highest BCUT2D eigenvalue weighted by atomic mass is 79.9. The van der Waals surface area contributed by atoms with Crippen molar-refractivity contribution >= 4 is 40.7 Å². The van der Waals surface area contributed by atoms with E-state index in [1.54, 1.807) is 0 Å². The molecule has 11 heteroatoms. The fraction of sp³-hybridized carbons (Fsp3) is 0.444. The highest BCUT2D eigenvalue weighted by Gasteiger charge is 2.49. The summed E-state index contributed by atoms with van der Waals surface area (Å²) in [6, 6.07) is 2.84. The molecule has 0 aliphatic rings. The van der Waals surface area contributed by atoms with E-state index >= 15 is 0 Å². The predicted octanol–water partition coefficient (Wildman–Crippen LogP) is 7.06. The lowest BCUT2D eigenvalue weighted by molar-refractivity contribution is -0.165. The fourth-order valence-corrected chi connectivity index (χ4v) is 4.20. The van der Waals surface area contributed by atoms with E-state index < -0.39 is 36.2 Å². The molecule has 0 saturated heterocycles. The van der Waals surface area contributed by atoms with Crippen molar-refractivity contribution in [1.29, 1.82) is 0 Å². The Kier molecular flexibility index (Phi) is 6.69. The van der Waals surface area contributed by atoms with Crippen molar-refractivity contribution in [3.63, 3.8) is 0 Å². The lowest BCUT2D eigenvalue weighted by Gasteiger charge is -2.22. The summed E-state index contributed by atoms with van der Waals surface area (Å²) in [5.41, 5.74) is -3.63.